The maximum Gasteiger partial charge on any atom is 0.302 e. The quantitative estimate of drug-likeness (QED) is 0.358. The Morgan fingerprint density at radius 2 is 1.76 bits per heavy atom. The van der Waals surface area contributed by atoms with Crippen LogP contribution in [0.2, 0.25) is 0 Å². The molecule has 152 valence electrons. The van der Waals surface area contributed by atoms with E-state index in [0.717, 1.165) is 10.0 Å². The zero-order valence-electron chi connectivity index (χ0n) is 16.0. The summed E-state index contributed by atoms with van der Waals surface area (Å²) in [5.41, 5.74) is 1.06. The van der Waals surface area contributed by atoms with Crippen LogP contribution >= 0.6 is 15.9 Å². The number of ether oxygens (including phenoxy) is 2. The average molecular weight is 461 g/mol. The Morgan fingerprint density at radius 3 is 2.41 bits per heavy atom. The van der Waals surface area contributed by atoms with E-state index in [9.17, 15) is 14.4 Å². The number of hydrogen-bond acceptors (Lipinski definition) is 5. The first-order chi connectivity index (χ1) is 13.9. The third kappa shape index (κ3) is 7.08. The Bertz CT molecular complexity index is 910. The number of carbonyl (C=O) groups is 3. The molecule has 0 aliphatic heterocycles. The monoisotopic (exact) mass is 460 g/mol. The molecule has 0 unspecified atom stereocenters. The van der Waals surface area contributed by atoms with E-state index in [-0.39, 0.29) is 18.8 Å². The molecule has 0 saturated carbocycles. The molecule has 2 aromatic rings. The van der Waals surface area contributed by atoms with Crippen molar-refractivity contribution in [2.75, 3.05) is 20.3 Å². The Morgan fingerprint density at radius 1 is 1.07 bits per heavy atom. The molecule has 0 saturated heterocycles. The van der Waals surface area contributed by atoms with Crippen molar-refractivity contribution in [3.63, 3.8) is 0 Å². The number of hydrogen-bond donors (Lipinski definition) is 2. The minimum atomic E-state index is -0.511. The molecule has 0 heterocycles. The minimum absolute atomic E-state index is 0.0348. The predicted molar refractivity (Wildman–Crippen MR) is 112 cm³/mol. The van der Waals surface area contributed by atoms with Crippen LogP contribution in [-0.4, -0.2) is 38.0 Å². The van der Waals surface area contributed by atoms with E-state index < -0.39 is 17.8 Å². The number of para-hydroxylation sites is 1. The Labute approximate surface area is 177 Å². The molecule has 29 heavy (non-hydrogen) atoms. The highest BCUT2D eigenvalue weighted by Crippen LogP contribution is 2.18. The van der Waals surface area contributed by atoms with Crippen molar-refractivity contribution >= 4 is 39.8 Å². The van der Waals surface area contributed by atoms with Gasteiger partial charge >= 0.3 is 5.97 Å². The van der Waals surface area contributed by atoms with Crippen molar-refractivity contribution in [1.29, 1.82) is 0 Å². The van der Waals surface area contributed by atoms with Crippen LogP contribution in [0.15, 0.2) is 58.7 Å². The number of esters is 1. The van der Waals surface area contributed by atoms with Crippen LogP contribution in [0.4, 0.5) is 0 Å². The highest BCUT2D eigenvalue weighted by Gasteiger charge is 2.17. The van der Waals surface area contributed by atoms with Crippen molar-refractivity contribution in [1.82, 2.24) is 10.6 Å². The number of benzene rings is 2. The van der Waals surface area contributed by atoms with Crippen LogP contribution in [0.3, 0.4) is 0 Å². The summed E-state index contributed by atoms with van der Waals surface area (Å²) in [6.07, 6.45) is 1.56. The van der Waals surface area contributed by atoms with Crippen molar-refractivity contribution in [3.05, 3.63) is 69.8 Å². The lowest BCUT2D eigenvalue weighted by Crippen LogP contribution is -2.36. The van der Waals surface area contributed by atoms with Gasteiger partial charge in [-0.25, -0.2) is 0 Å². The molecule has 0 radical (unpaired) electrons. The van der Waals surface area contributed by atoms with Gasteiger partial charge in [-0.1, -0.05) is 40.2 Å². The van der Waals surface area contributed by atoms with E-state index in [1.165, 1.54) is 14.0 Å². The zero-order chi connectivity index (χ0) is 21.2. The van der Waals surface area contributed by atoms with Crippen molar-refractivity contribution < 1.29 is 23.9 Å². The van der Waals surface area contributed by atoms with Crippen molar-refractivity contribution in [2.45, 2.75) is 6.92 Å². The number of halogens is 1. The van der Waals surface area contributed by atoms with Gasteiger partial charge in [0.15, 0.2) is 0 Å². The fraction of sp³-hybridized carbons (Fsp3) is 0.190. The summed E-state index contributed by atoms with van der Waals surface area (Å²) in [5, 5.41) is 5.25. The Kier molecular flexibility index (Phi) is 8.42. The van der Waals surface area contributed by atoms with E-state index in [0.29, 0.717) is 11.3 Å². The number of nitrogens with one attached hydrogen (secondary N) is 2. The van der Waals surface area contributed by atoms with Crippen LogP contribution in [0.25, 0.3) is 6.08 Å². The summed E-state index contributed by atoms with van der Waals surface area (Å²) in [6.45, 7) is 1.43. The summed E-state index contributed by atoms with van der Waals surface area (Å²) in [5.74, 6) is -1.04. The fourth-order valence-corrected chi connectivity index (χ4v) is 2.62. The molecule has 0 atom stereocenters. The molecule has 2 N–H and O–H groups in total. The highest BCUT2D eigenvalue weighted by atomic mass is 79.9. The van der Waals surface area contributed by atoms with Gasteiger partial charge in [0.1, 0.15) is 18.1 Å². The zero-order valence-corrected chi connectivity index (χ0v) is 17.6. The molecule has 0 aliphatic carbocycles. The second kappa shape index (κ2) is 11.0. The van der Waals surface area contributed by atoms with Crippen molar-refractivity contribution in [2.24, 2.45) is 0 Å². The molecule has 2 aromatic carbocycles. The van der Waals surface area contributed by atoms with Gasteiger partial charge in [0.2, 0.25) is 0 Å². The summed E-state index contributed by atoms with van der Waals surface area (Å²) in [6, 6.07) is 14.0. The van der Waals surface area contributed by atoms with Crippen LogP contribution in [-0.2, 0) is 14.3 Å². The average Bonchev–Trinajstić information content (AvgIpc) is 2.71. The van der Waals surface area contributed by atoms with E-state index >= 15 is 0 Å². The minimum Gasteiger partial charge on any atom is -0.496 e. The number of carbonyl (C=O) groups excluding carboxylic acids is 3. The molecule has 0 fully saturated rings. The van der Waals surface area contributed by atoms with E-state index in [2.05, 4.69) is 26.6 Å². The van der Waals surface area contributed by atoms with Crippen LogP contribution < -0.4 is 15.4 Å². The fourth-order valence-electron chi connectivity index (χ4n) is 2.36. The molecule has 0 aliphatic rings. The summed E-state index contributed by atoms with van der Waals surface area (Å²) in [7, 11) is 1.46. The topological polar surface area (TPSA) is 93.7 Å². The lowest BCUT2D eigenvalue weighted by molar-refractivity contribution is -0.141. The molecule has 0 spiro atoms. The Hall–Kier alpha value is -3.13. The van der Waals surface area contributed by atoms with Gasteiger partial charge in [-0.2, -0.15) is 0 Å². The predicted octanol–water partition coefficient (Wildman–Crippen LogP) is 2.91. The van der Waals surface area contributed by atoms with Gasteiger partial charge < -0.3 is 20.1 Å². The van der Waals surface area contributed by atoms with Gasteiger partial charge in [0.05, 0.1) is 19.2 Å². The second-order valence-corrected chi connectivity index (χ2v) is 6.78. The molecular formula is C21H21BrN2O5. The number of amides is 2. The van der Waals surface area contributed by atoms with Crippen molar-refractivity contribution in [3.8, 4) is 5.75 Å². The standard InChI is InChI=1S/C21H21BrN2O5/c1-14(25)29-12-11-23-21(27)18(13-15-7-9-16(22)10-8-15)24-20(26)17-5-3-4-6-19(17)28-2/h3-10,13H,11-12H2,1-2H3,(H,23,27)(H,24,26)/b18-13+. The van der Waals surface area contributed by atoms with Gasteiger partial charge in [-0.3, -0.25) is 14.4 Å². The summed E-state index contributed by atoms with van der Waals surface area (Å²) >= 11 is 3.36. The van der Waals surface area contributed by atoms with E-state index in [4.69, 9.17) is 9.47 Å². The molecule has 0 bridgehead atoms. The molecule has 2 rings (SSSR count). The largest absolute Gasteiger partial charge is 0.496 e. The third-order valence-electron chi connectivity index (χ3n) is 3.72. The normalized spacial score (nSPS) is 10.8. The first kappa shape index (κ1) is 22.2. The van der Waals surface area contributed by atoms with Gasteiger partial charge in [-0.15, -0.1) is 0 Å². The highest BCUT2D eigenvalue weighted by molar-refractivity contribution is 9.10. The molecular weight excluding hydrogens is 440 g/mol. The molecule has 7 nitrogen and oxygen atoms in total. The number of rotatable bonds is 8. The molecule has 8 heteroatoms. The maximum atomic E-state index is 12.7. The van der Waals surface area contributed by atoms with E-state index in [1.807, 2.05) is 12.1 Å². The lowest BCUT2D eigenvalue weighted by Gasteiger charge is -2.13. The first-order valence-corrected chi connectivity index (χ1v) is 9.53. The maximum absolute atomic E-state index is 12.7. The van der Waals surface area contributed by atoms with Crippen LogP contribution in [0.1, 0.15) is 22.8 Å². The molecule has 2 amide bonds. The molecule has 0 aromatic heterocycles. The summed E-state index contributed by atoms with van der Waals surface area (Å²) in [4.78, 5) is 36.2. The van der Waals surface area contributed by atoms with E-state index in [1.54, 1.807) is 42.5 Å². The smallest absolute Gasteiger partial charge is 0.302 e. The number of methoxy groups -OCH3 is 1. The third-order valence-corrected chi connectivity index (χ3v) is 4.25. The lowest BCUT2D eigenvalue weighted by atomic mass is 10.1. The van der Waals surface area contributed by atoms with Crippen LogP contribution in [0, 0.1) is 0 Å². The summed E-state index contributed by atoms with van der Waals surface area (Å²) < 4.78 is 10.9. The van der Waals surface area contributed by atoms with Crippen LogP contribution in [0.5, 0.6) is 5.75 Å². The first-order valence-electron chi connectivity index (χ1n) is 8.74. The van der Waals surface area contributed by atoms with Gasteiger partial charge in [0.25, 0.3) is 11.8 Å². The Balaban J connectivity index is 2.21. The SMILES string of the molecule is COc1ccccc1C(=O)N/C(=C/c1ccc(Br)cc1)C(=O)NCCOC(C)=O. The van der Waals surface area contributed by atoms with Gasteiger partial charge in [-0.05, 0) is 35.9 Å². The second-order valence-electron chi connectivity index (χ2n) is 5.86. The van der Waals surface area contributed by atoms with Gasteiger partial charge in [0, 0.05) is 11.4 Å².